The summed E-state index contributed by atoms with van der Waals surface area (Å²) in [7, 11) is 0. The molecule has 1 aromatic heterocycles. The second kappa shape index (κ2) is 4.49. The van der Waals surface area contributed by atoms with Gasteiger partial charge in [-0.05, 0) is 53.1 Å². The molecular weight excluding hydrogens is 334 g/mol. The fraction of sp³-hybridized carbons (Fsp3) is 0.615. The van der Waals surface area contributed by atoms with E-state index in [4.69, 9.17) is 11.6 Å². The maximum Gasteiger partial charge on any atom is 0.107 e. The Labute approximate surface area is 124 Å². The van der Waals surface area contributed by atoms with Crippen LogP contribution >= 0.6 is 38.9 Å². The van der Waals surface area contributed by atoms with E-state index in [0.717, 1.165) is 28.6 Å². The molecule has 0 spiro atoms. The second-order valence-electron chi connectivity index (χ2n) is 5.41. The number of thiophene rings is 1. The van der Waals surface area contributed by atoms with Gasteiger partial charge in [-0.3, -0.25) is 0 Å². The minimum absolute atomic E-state index is 0.349. The van der Waals surface area contributed by atoms with Crippen LogP contribution in [0.25, 0.3) is 0 Å². The molecule has 0 amide bonds. The van der Waals surface area contributed by atoms with Crippen molar-refractivity contribution in [2.24, 2.45) is 17.3 Å². The van der Waals surface area contributed by atoms with Crippen molar-refractivity contribution in [3.05, 3.63) is 19.8 Å². The van der Waals surface area contributed by atoms with Crippen LogP contribution in [0.1, 0.15) is 36.7 Å². The van der Waals surface area contributed by atoms with Gasteiger partial charge in [0.15, 0.2) is 0 Å². The van der Waals surface area contributed by atoms with E-state index in [-0.39, 0.29) is 0 Å². The number of fused-ring (bicyclic) bond motifs is 2. The van der Waals surface area contributed by atoms with E-state index in [1.54, 1.807) is 0 Å². The third-order valence-corrected chi connectivity index (χ3v) is 7.05. The highest BCUT2D eigenvalue weighted by Crippen LogP contribution is 2.61. The molecule has 1 heterocycles. The number of halogens is 2. The number of aliphatic hydroxyl groups is 1. The van der Waals surface area contributed by atoms with Crippen molar-refractivity contribution in [3.63, 3.8) is 0 Å². The molecule has 0 aliphatic heterocycles. The van der Waals surface area contributed by atoms with Gasteiger partial charge >= 0.3 is 0 Å². The molecule has 2 saturated carbocycles. The molecule has 2 bridgehead atoms. The van der Waals surface area contributed by atoms with Crippen molar-refractivity contribution in [1.82, 2.24) is 0 Å². The second-order valence-corrected chi connectivity index (χ2v) is 7.95. The van der Waals surface area contributed by atoms with Crippen molar-refractivity contribution in [1.29, 1.82) is 5.26 Å². The molecule has 2 fully saturated rings. The van der Waals surface area contributed by atoms with Gasteiger partial charge in [0.05, 0.1) is 11.5 Å². The average Bonchev–Trinajstić information content (AvgIpc) is 3.04. The highest BCUT2D eigenvalue weighted by atomic mass is 79.9. The fourth-order valence-electron chi connectivity index (χ4n) is 3.66. The van der Waals surface area contributed by atoms with Crippen LogP contribution in [0.4, 0.5) is 0 Å². The summed E-state index contributed by atoms with van der Waals surface area (Å²) < 4.78 is 1.44. The molecular formula is C13H13BrClNOS. The molecule has 1 N–H and O–H groups in total. The van der Waals surface area contributed by atoms with Crippen LogP contribution in [0.3, 0.4) is 0 Å². The van der Waals surface area contributed by atoms with Crippen LogP contribution in [0.2, 0.25) is 4.34 Å². The number of hydrogen-bond acceptors (Lipinski definition) is 3. The third-order valence-electron chi connectivity index (χ3n) is 4.53. The van der Waals surface area contributed by atoms with Crippen molar-refractivity contribution < 1.29 is 5.11 Å². The zero-order valence-corrected chi connectivity index (χ0v) is 12.9. The molecule has 2 aliphatic carbocycles. The Morgan fingerprint density at radius 3 is 2.83 bits per heavy atom. The first-order valence-corrected chi connectivity index (χ1v) is 8.09. The number of hydrogen-bond donors (Lipinski definition) is 1. The minimum Gasteiger partial charge on any atom is -0.386 e. The summed E-state index contributed by atoms with van der Waals surface area (Å²) in [5.41, 5.74) is -0.587. The van der Waals surface area contributed by atoms with Gasteiger partial charge in [0.1, 0.15) is 10.4 Å². The summed E-state index contributed by atoms with van der Waals surface area (Å²) in [5.74, 6) is 0.977. The topological polar surface area (TPSA) is 44.0 Å². The van der Waals surface area contributed by atoms with Crippen LogP contribution in [0.15, 0.2) is 10.5 Å². The lowest BCUT2D eigenvalue weighted by molar-refractivity contribution is 0.0259. The van der Waals surface area contributed by atoms with Crippen LogP contribution in [-0.2, 0) is 0 Å². The van der Waals surface area contributed by atoms with Gasteiger partial charge in [0, 0.05) is 9.35 Å². The summed E-state index contributed by atoms with van der Waals surface area (Å²) in [6.07, 6.45) is 3.53. The van der Waals surface area contributed by atoms with Crippen molar-refractivity contribution in [2.75, 3.05) is 0 Å². The van der Waals surface area contributed by atoms with Gasteiger partial charge in [-0.1, -0.05) is 18.0 Å². The van der Waals surface area contributed by atoms with Gasteiger partial charge in [0.2, 0.25) is 0 Å². The molecule has 1 aromatic rings. The molecule has 2 aliphatic rings. The standard InChI is InChI=1S/C13H13BrClNOS/c14-9-4-10(18-12(9)15)11(17)13(6-16)5-7-1-2-8(13)3-7/h4,7-8,11,17H,1-3,5H2. The van der Waals surface area contributed by atoms with Crippen LogP contribution in [0.5, 0.6) is 0 Å². The number of nitriles is 1. The molecule has 0 aromatic carbocycles. The van der Waals surface area contributed by atoms with E-state index in [2.05, 4.69) is 22.0 Å². The molecule has 5 heteroatoms. The average molecular weight is 347 g/mol. The van der Waals surface area contributed by atoms with E-state index in [9.17, 15) is 10.4 Å². The molecule has 96 valence electrons. The Balaban J connectivity index is 1.96. The quantitative estimate of drug-likeness (QED) is 0.855. The van der Waals surface area contributed by atoms with Gasteiger partial charge < -0.3 is 5.11 Å². The van der Waals surface area contributed by atoms with Crippen molar-refractivity contribution >= 4 is 38.9 Å². The highest BCUT2D eigenvalue weighted by Gasteiger charge is 2.56. The Hall–Kier alpha value is -0.0800. The van der Waals surface area contributed by atoms with Crippen molar-refractivity contribution in [3.8, 4) is 6.07 Å². The van der Waals surface area contributed by atoms with E-state index in [0.29, 0.717) is 16.2 Å². The normalized spacial score (nSPS) is 35.7. The molecule has 0 radical (unpaired) electrons. The van der Waals surface area contributed by atoms with Crippen molar-refractivity contribution in [2.45, 2.75) is 31.8 Å². The molecule has 4 atom stereocenters. The predicted octanol–water partition coefficient (Wildman–Crippen LogP) is 4.53. The Morgan fingerprint density at radius 1 is 1.61 bits per heavy atom. The number of rotatable bonds is 2. The minimum atomic E-state index is -0.702. The maximum absolute atomic E-state index is 10.6. The molecule has 4 unspecified atom stereocenters. The predicted molar refractivity (Wildman–Crippen MR) is 75.5 cm³/mol. The van der Waals surface area contributed by atoms with Gasteiger partial charge in [-0.15, -0.1) is 11.3 Å². The van der Waals surface area contributed by atoms with Gasteiger partial charge in [-0.25, -0.2) is 0 Å². The Bertz CT molecular complexity index is 506. The van der Waals surface area contributed by atoms with Crippen LogP contribution in [0, 0.1) is 28.6 Å². The first-order chi connectivity index (χ1) is 8.56. The van der Waals surface area contributed by atoms with E-state index in [1.807, 2.05) is 6.07 Å². The Kier molecular flexibility index (Phi) is 3.22. The summed E-state index contributed by atoms with van der Waals surface area (Å²) in [4.78, 5) is 0.806. The Morgan fingerprint density at radius 2 is 2.39 bits per heavy atom. The van der Waals surface area contributed by atoms with E-state index in [1.165, 1.54) is 17.8 Å². The van der Waals surface area contributed by atoms with Gasteiger partial charge in [0.25, 0.3) is 0 Å². The summed E-state index contributed by atoms with van der Waals surface area (Å²) in [6.45, 7) is 0. The lowest BCUT2D eigenvalue weighted by Crippen LogP contribution is -2.32. The van der Waals surface area contributed by atoms with E-state index < -0.39 is 11.5 Å². The third kappa shape index (κ3) is 1.76. The van der Waals surface area contributed by atoms with E-state index >= 15 is 0 Å². The first-order valence-electron chi connectivity index (χ1n) is 6.11. The zero-order chi connectivity index (χ0) is 12.9. The monoisotopic (exact) mass is 345 g/mol. The lowest BCUT2D eigenvalue weighted by atomic mass is 9.70. The van der Waals surface area contributed by atoms with Gasteiger partial charge in [-0.2, -0.15) is 5.26 Å². The fourth-order valence-corrected chi connectivity index (χ4v) is 5.48. The largest absolute Gasteiger partial charge is 0.386 e. The maximum atomic E-state index is 10.6. The lowest BCUT2D eigenvalue weighted by Gasteiger charge is -2.34. The van der Waals surface area contributed by atoms with Crippen LogP contribution < -0.4 is 0 Å². The SMILES string of the molecule is N#CC1(C(O)c2cc(Br)c(Cl)s2)CC2CCC1C2. The molecule has 0 saturated heterocycles. The zero-order valence-electron chi connectivity index (χ0n) is 9.70. The number of aliphatic hydroxyl groups excluding tert-OH is 1. The summed E-state index contributed by atoms with van der Waals surface area (Å²) in [6, 6.07) is 4.28. The highest BCUT2D eigenvalue weighted by molar-refractivity contribution is 9.10. The molecule has 18 heavy (non-hydrogen) atoms. The first kappa shape index (κ1) is 12.9. The molecule has 2 nitrogen and oxygen atoms in total. The number of nitrogens with zero attached hydrogens (tertiary/aromatic N) is 1. The molecule has 3 rings (SSSR count). The summed E-state index contributed by atoms with van der Waals surface area (Å²) >= 11 is 10.8. The van der Waals surface area contributed by atoms with Crippen LogP contribution in [-0.4, -0.2) is 5.11 Å². The summed E-state index contributed by atoms with van der Waals surface area (Å²) in [5, 5.41) is 20.2. The smallest absolute Gasteiger partial charge is 0.107 e.